The molecule has 5 heteroatoms. The largest absolute Gasteiger partial charge is 0.341 e. The normalized spacial score (nSPS) is 17.8. The van der Waals surface area contributed by atoms with Crippen LogP contribution < -0.4 is 0 Å². The maximum atomic E-state index is 12.2. The minimum Gasteiger partial charge on any atom is -0.341 e. The SMILES string of the molecule is CCCn1cc(C(Cl)C(=O)N2CCCCC2)cn1. The van der Waals surface area contributed by atoms with E-state index in [1.165, 1.54) is 6.42 Å². The second-order valence-electron chi connectivity index (χ2n) is 4.79. The van der Waals surface area contributed by atoms with Gasteiger partial charge in [-0.05, 0) is 25.7 Å². The number of nitrogens with zero attached hydrogens (tertiary/aromatic N) is 3. The predicted molar refractivity (Wildman–Crippen MR) is 71.5 cm³/mol. The third-order valence-electron chi connectivity index (χ3n) is 3.28. The molecule has 1 aliphatic rings. The molecule has 1 fully saturated rings. The highest BCUT2D eigenvalue weighted by atomic mass is 35.5. The van der Waals surface area contributed by atoms with Crippen LogP contribution in [0.3, 0.4) is 0 Å². The number of carbonyl (C=O) groups is 1. The van der Waals surface area contributed by atoms with Gasteiger partial charge in [0.15, 0.2) is 0 Å². The lowest BCUT2D eigenvalue weighted by Crippen LogP contribution is -2.37. The topological polar surface area (TPSA) is 38.1 Å². The van der Waals surface area contributed by atoms with Crippen LogP contribution in [-0.4, -0.2) is 33.7 Å². The molecule has 18 heavy (non-hydrogen) atoms. The quantitative estimate of drug-likeness (QED) is 0.788. The van der Waals surface area contributed by atoms with Gasteiger partial charge in [-0.3, -0.25) is 9.48 Å². The predicted octanol–water partition coefficient (Wildman–Crippen LogP) is 2.59. The standard InChI is InChI=1S/C13H20ClN3O/c1-2-6-17-10-11(9-15-17)12(14)13(18)16-7-4-3-5-8-16/h9-10,12H,2-8H2,1H3. The van der Waals surface area contributed by atoms with Crippen LogP contribution in [0.2, 0.25) is 0 Å². The number of carbonyl (C=O) groups excluding carboxylic acids is 1. The Morgan fingerprint density at radius 2 is 2.17 bits per heavy atom. The third kappa shape index (κ3) is 3.05. The molecule has 1 amide bonds. The Labute approximate surface area is 113 Å². The molecular weight excluding hydrogens is 250 g/mol. The molecule has 1 unspecified atom stereocenters. The van der Waals surface area contributed by atoms with Crippen molar-refractivity contribution in [1.82, 2.24) is 14.7 Å². The van der Waals surface area contributed by atoms with Crippen LogP contribution in [0.15, 0.2) is 12.4 Å². The Morgan fingerprint density at radius 3 is 2.83 bits per heavy atom. The molecule has 1 atom stereocenters. The zero-order chi connectivity index (χ0) is 13.0. The van der Waals surface area contributed by atoms with Crippen LogP contribution in [0, 0.1) is 0 Å². The number of alkyl halides is 1. The van der Waals surface area contributed by atoms with Gasteiger partial charge in [-0.2, -0.15) is 5.10 Å². The zero-order valence-corrected chi connectivity index (χ0v) is 11.6. The van der Waals surface area contributed by atoms with E-state index in [9.17, 15) is 4.79 Å². The smallest absolute Gasteiger partial charge is 0.245 e. The van der Waals surface area contributed by atoms with Crippen molar-refractivity contribution in [2.45, 2.75) is 44.5 Å². The summed E-state index contributed by atoms with van der Waals surface area (Å²) >= 11 is 6.26. The van der Waals surface area contributed by atoms with E-state index >= 15 is 0 Å². The van der Waals surface area contributed by atoms with E-state index < -0.39 is 5.38 Å². The van der Waals surface area contributed by atoms with Gasteiger partial charge in [0.05, 0.1) is 6.20 Å². The molecule has 0 N–H and O–H groups in total. The number of halogens is 1. The molecule has 2 rings (SSSR count). The summed E-state index contributed by atoms with van der Waals surface area (Å²) in [6.45, 7) is 4.64. The second kappa shape index (κ2) is 6.23. The van der Waals surface area contributed by atoms with Gasteiger partial charge in [-0.15, -0.1) is 11.6 Å². The van der Waals surface area contributed by atoms with Gasteiger partial charge in [0, 0.05) is 31.4 Å². The molecule has 0 saturated carbocycles. The monoisotopic (exact) mass is 269 g/mol. The molecule has 4 nitrogen and oxygen atoms in total. The number of amides is 1. The number of rotatable bonds is 4. The molecular formula is C13H20ClN3O. The summed E-state index contributed by atoms with van der Waals surface area (Å²) in [5.74, 6) is 0.0208. The lowest BCUT2D eigenvalue weighted by molar-refractivity contribution is -0.131. The summed E-state index contributed by atoms with van der Waals surface area (Å²) in [6, 6.07) is 0. The van der Waals surface area contributed by atoms with Crippen LogP contribution in [0.1, 0.15) is 43.5 Å². The fraction of sp³-hybridized carbons (Fsp3) is 0.692. The van der Waals surface area contributed by atoms with Crippen LogP contribution >= 0.6 is 11.6 Å². The van der Waals surface area contributed by atoms with E-state index in [1.807, 2.05) is 15.8 Å². The van der Waals surface area contributed by atoms with Crippen molar-refractivity contribution in [2.24, 2.45) is 0 Å². The van der Waals surface area contributed by atoms with Crippen molar-refractivity contribution in [2.75, 3.05) is 13.1 Å². The average molecular weight is 270 g/mol. The van der Waals surface area contributed by atoms with Gasteiger partial charge in [-0.25, -0.2) is 0 Å². The molecule has 0 aromatic carbocycles. The Balaban J connectivity index is 2.00. The lowest BCUT2D eigenvalue weighted by atomic mass is 10.1. The molecule has 100 valence electrons. The van der Waals surface area contributed by atoms with Crippen LogP contribution in [0.25, 0.3) is 0 Å². The number of aromatic nitrogens is 2. The summed E-state index contributed by atoms with van der Waals surface area (Å²) in [7, 11) is 0. The number of hydrogen-bond acceptors (Lipinski definition) is 2. The third-order valence-corrected chi connectivity index (χ3v) is 3.72. The van der Waals surface area contributed by atoms with Gasteiger partial charge in [0.1, 0.15) is 5.38 Å². The first-order chi connectivity index (χ1) is 8.72. The number of likely N-dealkylation sites (tertiary alicyclic amines) is 1. The van der Waals surface area contributed by atoms with Crippen molar-refractivity contribution in [3.05, 3.63) is 18.0 Å². The molecule has 1 aromatic heterocycles. The van der Waals surface area contributed by atoms with Gasteiger partial charge >= 0.3 is 0 Å². The second-order valence-corrected chi connectivity index (χ2v) is 5.22. The molecule has 1 saturated heterocycles. The highest BCUT2D eigenvalue weighted by Crippen LogP contribution is 2.24. The summed E-state index contributed by atoms with van der Waals surface area (Å²) < 4.78 is 1.84. The molecule has 0 radical (unpaired) electrons. The number of piperidine rings is 1. The van der Waals surface area contributed by atoms with Crippen LogP contribution in [0.5, 0.6) is 0 Å². The lowest BCUT2D eigenvalue weighted by Gasteiger charge is -2.28. The van der Waals surface area contributed by atoms with Crippen LogP contribution in [-0.2, 0) is 11.3 Å². The number of aryl methyl sites for hydroxylation is 1. The van der Waals surface area contributed by atoms with E-state index in [-0.39, 0.29) is 5.91 Å². The fourth-order valence-electron chi connectivity index (χ4n) is 2.28. The Kier molecular flexibility index (Phi) is 4.64. The Hall–Kier alpha value is -1.03. The first kappa shape index (κ1) is 13.4. The number of hydrogen-bond donors (Lipinski definition) is 0. The average Bonchev–Trinajstić information content (AvgIpc) is 2.87. The first-order valence-electron chi connectivity index (χ1n) is 6.67. The summed E-state index contributed by atoms with van der Waals surface area (Å²) in [5, 5.41) is 3.63. The van der Waals surface area contributed by atoms with Gasteiger partial charge in [-0.1, -0.05) is 6.92 Å². The van der Waals surface area contributed by atoms with Gasteiger partial charge < -0.3 is 4.90 Å². The van der Waals surface area contributed by atoms with Gasteiger partial charge in [0.2, 0.25) is 5.91 Å². The Morgan fingerprint density at radius 1 is 1.44 bits per heavy atom. The summed E-state index contributed by atoms with van der Waals surface area (Å²) in [6.07, 6.45) is 7.99. The minimum atomic E-state index is -0.589. The highest BCUT2D eigenvalue weighted by molar-refractivity contribution is 6.30. The van der Waals surface area contributed by atoms with Crippen molar-refractivity contribution in [3.63, 3.8) is 0 Å². The summed E-state index contributed by atoms with van der Waals surface area (Å²) in [4.78, 5) is 14.1. The van der Waals surface area contributed by atoms with Crippen LogP contribution in [0.4, 0.5) is 0 Å². The van der Waals surface area contributed by atoms with E-state index in [2.05, 4.69) is 12.0 Å². The fourth-order valence-corrected chi connectivity index (χ4v) is 2.53. The van der Waals surface area contributed by atoms with Crippen molar-refractivity contribution >= 4 is 17.5 Å². The van der Waals surface area contributed by atoms with Gasteiger partial charge in [0.25, 0.3) is 0 Å². The first-order valence-corrected chi connectivity index (χ1v) is 7.11. The van der Waals surface area contributed by atoms with Crippen molar-refractivity contribution < 1.29 is 4.79 Å². The molecule has 0 bridgehead atoms. The highest BCUT2D eigenvalue weighted by Gasteiger charge is 2.25. The molecule has 0 aliphatic carbocycles. The van der Waals surface area contributed by atoms with E-state index in [1.54, 1.807) is 6.20 Å². The molecule has 1 aliphatic heterocycles. The zero-order valence-electron chi connectivity index (χ0n) is 10.8. The molecule has 0 spiro atoms. The van der Waals surface area contributed by atoms with E-state index in [0.29, 0.717) is 0 Å². The maximum absolute atomic E-state index is 12.2. The molecule has 2 heterocycles. The Bertz CT molecular complexity index is 399. The van der Waals surface area contributed by atoms with Crippen molar-refractivity contribution in [1.29, 1.82) is 0 Å². The molecule has 1 aromatic rings. The van der Waals surface area contributed by atoms with Crippen molar-refractivity contribution in [3.8, 4) is 0 Å². The van der Waals surface area contributed by atoms with E-state index in [4.69, 9.17) is 11.6 Å². The minimum absolute atomic E-state index is 0.0208. The van der Waals surface area contributed by atoms with E-state index in [0.717, 1.165) is 44.5 Å². The maximum Gasteiger partial charge on any atom is 0.245 e. The summed E-state index contributed by atoms with van der Waals surface area (Å²) in [5.41, 5.74) is 0.806.